The molecule has 192 valence electrons. The number of rotatable bonds is 6. The third kappa shape index (κ3) is 8.01. The second-order valence-corrected chi connectivity index (χ2v) is 8.66. The summed E-state index contributed by atoms with van der Waals surface area (Å²) in [6, 6.07) is 5.72. The highest BCUT2D eigenvalue weighted by Crippen LogP contribution is 2.32. The van der Waals surface area contributed by atoms with Gasteiger partial charge in [0.05, 0.1) is 13.2 Å². The number of alkyl halides is 3. The van der Waals surface area contributed by atoms with Crippen molar-refractivity contribution in [3.05, 3.63) is 47.7 Å². The summed E-state index contributed by atoms with van der Waals surface area (Å²) in [6.07, 6.45) is -5.67. The number of methoxy groups -OCH3 is 1. The Morgan fingerprint density at radius 1 is 1.09 bits per heavy atom. The fourth-order valence-electron chi connectivity index (χ4n) is 3.37. The van der Waals surface area contributed by atoms with Gasteiger partial charge in [0, 0.05) is 0 Å². The number of carbonyl (C=O) groups is 4. The summed E-state index contributed by atoms with van der Waals surface area (Å²) in [4.78, 5) is 49.5. The number of nitrogens with one attached hydrogen (secondary N) is 1. The first-order valence-corrected chi connectivity index (χ1v) is 10.6. The van der Waals surface area contributed by atoms with E-state index in [4.69, 9.17) is 9.47 Å². The van der Waals surface area contributed by atoms with Gasteiger partial charge in [-0.25, -0.2) is 14.4 Å². The maximum absolute atomic E-state index is 13.3. The molecule has 1 aromatic carbocycles. The molecule has 1 aliphatic heterocycles. The van der Waals surface area contributed by atoms with Crippen molar-refractivity contribution < 1.29 is 46.6 Å². The van der Waals surface area contributed by atoms with E-state index >= 15 is 0 Å². The molecule has 12 heteroatoms. The molecule has 9 nitrogen and oxygen atoms in total. The SMILES string of the molecule is COC(=O)/C(=C/[C@H]1CC[C@@H](C(=O)OC(C)(C)C)N1C(=O)C(F)(F)F)NC(=O)OCc1ccccc1. The van der Waals surface area contributed by atoms with Crippen LogP contribution in [0.15, 0.2) is 42.1 Å². The fourth-order valence-corrected chi connectivity index (χ4v) is 3.37. The number of amides is 2. The molecule has 0 saturated carbocycles. The van der Waals surface area contributed by atoms with E-state index in [0.717, 1.165) is 13.2 Å². The van der Waals surface area contributed by atoms with Crippen LogP contribution in [0.4, 0.5) is 18.0 Å². The number of ether oxygens (including phenoxy) is 3. The van der Waals surface area contributed by atoms with Crippen LogP contribution >= 0.6 is 0 Å². The van der Waals surface area contributed by atoms with Crippen molar-refractivity contribution in [3.8, 4) is 0 Å². The number of carbonyl (C=O) groups excluding carboxylic acids is 4. The van der Waals surface area contributed by atoms with E-state index in [0.29, 0.717) is 10.5 Å². The van der Waals surface area contributed by atoms with Crippen LogP contribution in [0.3, 0.4) is 0 Å². The minimum absolute atomic E-state index is 0.104. The fraction of sp³-hybridized carbons (Fsp3) is 0.478. The number of benzene rings is 1. The first-order valence-electron chi connectivity index (χ1n) is 10.6. The molecular weight excluding hydrogens is 473 g/mol. The van der Waals surface area contributed by atoms with E-state index in [2.05, 4.69) is 10.1 Å². The maximum atomic E-state index is 13.3. The molecule has 2 amide bonds. The van der Waals surface area contributed by atoms with E-state index in [1.807, 2.05) is 0 Å². The number of hydrogen-bond acceptors (Lipinski definition) is 7. The molecule has 0 aliphatic carbocycles. The molecule has 0 unspecified atom stereocenters. The molecule has 0 spiro atoms. The van der Waals surface area contributed by atoms with E-state index < -0.39 is 53.5 Å². The zero-order chi connectivity index (χ0) is 26.4. The van der Waals surface area contributed by atoms with Gasteiger partial charge in [0.2, 0.25) is 0 Å². The number of halogens is 3. The van der Waals surface area contributed by atoms with Crippen molar-refractivity contribution in [2.45, 2.75) is 64.1 Å². The number of alkyl carbamates (subject to hydrolysis) is 1. The lowest BCUT2D eigenvalue weighted by atomic mass is 10.1. The number of nitrogens with zero attached hydrogens (tertiary/aromatic N) is 1. The van der Waals surface area contributed by atoms with Gasteiger partial charge in [0.15, 0.2) is 0 Å². The lowest BCUT2D eigenvalue weighted by molar-refractivity contribution is -0.191. The van der Waals surface area contributed by atoms with Gasteiger partial charge in [-0.3, -0.25) is 10.1 Å². The average Bonchev–Trinajstić information content (AvgIpc) is 3.18. The van der Waals surface area contributed by atoms with E-state index in [1.54, 1.807) is 30.3 Å². The highest BCUT2D eigenvalue weighted by molar-refractivity contribution is 5.93. The van der Waals surface area contributed by atoms with Crippen LogP contribution in [0.25, 0.3) is 0 Å². The smallest absolute Gasteiger partial charge is 0.464 e. The molecule has 0 bridgehead atoms. The average molecular weight is 500 g/mol. The van der Waals surface area contributed by atoms with E-state index in [9.17, 15) is 32.3 Å². The van der Waals surface area contributed by atoms with E-state index in [1.165, 1.54) is 20.8 Å². The Balaban J connectivity index is 2.28. The standard InChI is InChI=1S/C23H27F3N2O7/c1-22(2,3)35-19(30)17-11-10-15(28(17)20(31)23(24,25)26)12-16(18(29)33-4)27-21(32)34-13-14-8-6-5-7-9-14/h5-9,12,15,17H,10-11,13H2,1-4H3,(H,27,32)/b16-12-/t15-,17+/m1/s1. The molecule has 0 aromatic heterocycles. The Kier molecular flexibility index (Phi) is 8.88. The van der Waals surface area contributed by atoms with Crippen molar-refractivity contribution in [3.63, 3.8) is 0 Å². The lowest BCUT2D eigenvalue weighted by Gasteiger charge is -2.30. The summed E-state index contributed by atoms with van der Waals surface area (Å²) in [6.45, 7) is 4.47. The van der Waals surface area contributed by atoms with Crippen LogP contribution in [0.1, 0.15) is 39.2 Å². The maximum Gasteiger partial charge on any atom is 0.471 e. The summed E-state index contributed by atoms with van der Waals surface area (Å²) < 4.78 is 54.8. The van der Waals surface area contributed by atoms with Crippen LogP contribution in [0, 0.1) is 0 Å². The van der Waals surface area contributed by atoms with Crippen LogP contribution in [-0.4, -0.2) is 59.8 Å². The second kappa shape index (κ2) is 11.2. The number of likely N-dealkylation sites (tertiary alicyclic amines) is 1. The molecule has 1 saturated heterocycles. The van der Waals surface area contributed by atoms with Crippen LogP contribution in [-0.2, 0) is 35.2 Å². The normalized spacial score (nSPS) is 18.6. The van der Waals surface area contributed by atoms with Crippen molar-refractivity contribution in [2.75, 3.05) is 7.11 Å². The predicted octanol–water partition coefficient (Wildman–Crippen LogP) is 3.23. The van der Waals surface area contributed by atoms with Crippen LogP contribution in [0.5, 0.6) is 0 Å². The Labute approximate surface area is 200 Å². The molecule has 2 rings (SSSR count). The quantitative estimate of drug-likeness (QED) is 0.363. The van der Waals surface area contributed by atoms with Gasteiger partial charge >= 0.3 is 30.1 Å². The summed E-state index contributed by atoms with van der Waals surface area (Å²) in [7, 11) is 1.00. The Bertz CT molecular complexity index is 972. The Morgan fingerprint density at radius 3 is 2.26 bits per heavy atom. The molecule has 1 aromatic rings. The van der Waals surface area contributed by atoms with Crippen molar-refractivity contribution >= 4 is 23.9 Å². The molecule has 2 atom stereocenters. The first-order chi connectivity index (χ1) is 16.2. The third-order valence-corrected chi connectivity index (χ3v) is 4.80. The van der Waals surface area contributed by atoms with Crippen molar-refractivity contribution in [1.29, 1.82) is 0 Å². The Hall–Kier alpha value is -3.57. The van der Waals surface area contributed by atoms with Gasteiger partial charge in [-0.05, 0) is 45.3 Å². The molecule has 1 heterocycles. The topological polar surface area (TPSA) is 111 Å². The van der Waals surface area contributed by atoms with Gasteiger partial charge in [-0.1, -0.05) is 30.3 Å². The van der Waals surface area contributed by atoms with Gasteiger partial charge in [0.25, 0.3) is 0 Å². The van der Waals surface area contributed by atoms with Gasteiger partial charge < -0.3 is 19.1 Å². The lowest BCUT2D eigenvalue weighted by Crippen LogP contribution is -2.51. The summed E-state index contributed by atoms with van der Waals surface area (Å²) in [5, 5.41) is 2.14. The van der Waals surface area contributed by atoms with Crippen molar-refractivity contribution in [1.82, 2.24) is 10.2 Å². The molecule has 1 N–H and O–H groups in total. The second-order valence-electron chi connectivity index (χ2n) is 8.66. The molecule has 1 aliphatic rings. The molecule has 35 heavy (non-hydrogen) atoms. The summed E-state index contributed by atoms with van der Waals surface area (Å²) in [5.41, 5.74) is -0.885. The Morgan fingerprint density at radius 2 is 1.71 bits per heavy atom. The molecule has 0 radical (unpaired) electrons. The van der Waals surface area contributed by atoms with E-state index in [-0.39, 0.29) is 19.4 Å². The highest BCUT2D eigenvalue weighted by Gasteiger charge is 2.51. The zero-order valence-electron chi connectivity index (χ0n) is 19.7. The first kappa shape index (κ1) is 27.7. The van der Waals surface area contributed by atoms with Gasteiger partial charge in [-0.15, -0.1) is 0 Å². The highest BCUT2D eigenvalue weighted by atomic mass is 19.4. The summed E-state index contributed by atoms with van der Waals surface area (Å²) in [5.74, 6) is -4.37. The minimum atomic E-state index is -5.29. The monoisotopic (exact) mass is 500 g/mol. The predicted molar refractivity (Wildman–Crippen MR) is 115 cm³/mol. The van der Waals surface area contributed by atoms with Gasteiger partial charge in [-0.2, -0.15) is 13.2 Å². The van der Waals surface area contributed by atoms with Crippen molar-refractivity contribution in [2.24, 2.45) is 0 Å². The number of hydrogen-bond donors (Lipinski definition) is 1. The minimum Gasteiger partial charge on any atom is -0.464 e. The summed E-state index contributed by atoms with van der Waals surface area (Å²) >= 11 is 0. The zero-order valence-corrected chi connectivity index (χ0v) is 19.7. The number of esters is 2. The molecular formula is C23H27F3N2O7. The van der Waals surface area contributed by atoms with Gasteiger partial charge in [0.1, 0.15) is 23.9 Å². The third-order valence-electron chi connectivity index (χ3n) is 4.80. The van der Waals surface area contributed by atoms with Crippen LogP contribution in [0.2, 0.25) is 0 Å². The largest absolute Gasteiger partial charge is 0.471 e. The molecule has 1 fully saturated rings. The van der Waals surface area contributed by atoms with Crippen LogP contribution < -0.4 is 5.32 Å².